The summed E-state index contributed by atoms with van der Waals surface area (Å²) in [7, 11) is 0. The molecule has 0 aliphatic heterocycles. The molecule has 0 spiro atoms. The van der Waals surface area contributed by atoms with E-state index >= 15 is 0 Å². The van der Waals surface area contributed by atoms with Gasteiger partial charge in [0.25, 0.3) is 0 Å². The average Bonchev–Trinajstić information content (AvgIpc) is 2.83. The molecule has 0 radical (unpaired) electrons. The highest BCUT2D eigenvalue weighted by Gasteiger charge is 2.27. The SMILES string of the molecule is C=C(C)CNc1nc(C2CC2)ns1. The molecular formula is C9H13N3S. The van der Waals surface area contributed by atoms with Crippen LogP contribution in [0.4, 0.5) is 5.13 Å². The van der Waals surface area contributed by atoms with Crippen LogP contribution in [0.1, 0.15) is 31.5 Å². The van der Waals surface area contributed by atoms with E-state index in [1.807, 2.05) is 6.92 Å². The molecule has 1 saturated carbocycles. The maximum Gasteiger partial charge on any atom is 0.202 e. The summed E-state index contributed by atoms with van der Waals surface area (Å²) >= 11 is 1.45. The Labute approximate surface area is 82.1 Å². The van der Waals surface area contributed by atoms with Gasteiger partial charge < -0.3 is 5.32 Å². The Balaban J connectivity index is 1.92. The molecule has 13 heavy (non-hydrogen) atoms. The summed E-state index contributed by atoms with van der Waals surface area (Å²) in [5, 5.41) is 4.11. The monoisotopic (exact) mass is 195 g/mol. The first-order valence-electron chi connectivity index (χ1n) is 4.47. The highest BCUT2D eigenvalue weighted by molar-refractivity contribution is 7.09. The number of nitrogens with zero attached hydrogens (tertiary/aromatic N) is 2. The van der Waals surface area contributed by atoms with Gasteiger partial charge >= 0.3 is 0 Å². The lowest BCUT2D eigenvalue weighted by atomic mass is 10.3. The van der Waals surface area contributed by atoms with Crippen molar-refractivity contribution >= 4 is 16.7 Å². The Kier molecular flexibility index (Phi) is 2.31. The fourth-order valence-corrected chi connectivity index (χ4v) is 1.68. The number of hydrogen-bond donors (Lipinski definition) is 1. The van der Waals surface area contributed by atoms with Crippen LogP contribution >= 0.6 is 11.5 Å². The standard InChI is InChI=1S/C9H13N3S/c1-6(2)5-10-9-11-8(12-13-9)7-3-4-7/h7H,1,3-5H2,2H3,(H,10,11,12). The Bertz CT molecular complexity index is 314. The van der Waals surface area contributed by atoms with Crippen molar-refractivity contribution < 1.29 is 0 Å². The highest BCUT2D eigenvalue weighted by Crippen LogP contribution is 2.39. The number of nitrogens with one attached hydrogen (secondary N) is 1. The van der Waals surface area contributed by atoms with Gasteiger partial charge in [-0.1, -0.05) is 12.2 Å². The van der Waals surface area contributed by atoms with E-state index in [2.05, 4.69) is 21.3 Å². The first kappa shape index (κ1) is 8.69. The Morgan fingerprint density at radius 2 is 2.46 bits per heavy atom. The molecule has 1 N–H and O–H groups in total. The van der Waals surface area contributed by atoms with E-state index in [4.69, 9.17) is 0 Å². The maximum atomic E-state index is 4.40. The molecule has 0 saturated heterocycles. The molecular weight excluding hydrogens is 182 g/mol. The highest BCUT2D eigenvalue weighted by atomic mass is 32.1. The number of aromatic nitrogens is 2. The van der Waals surface area contributed by atoms with E-state index in [9.17, 15) is 0 Å². The van der Waals surface area contributed by atoms with E-state index in [0.717, 1.165) is 23.1 Å². The van der Waals surface area contributed by atoms with Gasteiger partial charge in [-0.05, 0) is 19.8 Å². The van der Waals surface area contributed by atoms with Gasteiger partial charge in [-0.25, -0.2) is 4.98 Å². The summed E-state index contributed by atoms with van der Waals surface area (Å²) in [6, 6.07) is 0. The lowest BCUT2D eigenvalue weighted by Crippen LogP contribution is -2.01. The molecule has 0 bridgehead atoms. The molecule has 0 aromatic carbocycles. The van der Waals surface area contributed by atoms with Crippen molar-refractivity contribution in [3.63, 3.8) is 0 Å². The second-order valence-electron chi connectivity index (χ2n) is 3.54. The van der Waals surface area contributed by atoms with Gasteiger partial charge in [-0.15, -0.1) is 0 Å². The molecule has 0 unspecified atom stereocenters. The van der Waals surface area contributed by atoms with Crippen LogP contribution in [-0.4, -0.2) is 15.9 Å². The Hall–Kier alpha value is -0.900. The predicted molar refractivity (Wildman–Crippen MR) is 55.2 cm³/mol. The van der Waals surface area contributed by atoms with Gasteiger partial charge in [-0.3, -0.25) is 0 Å². The van der Waals surface area contributed by atoms with Gasteiger partial charge in [0.2, 0.25) is 5.13 Å². The van der Waals surface area contributed by atoms with Crippen LogP contribution in [0.15, 0.2) is 12.2 Å². The molecule has 1 aromatic heterocycles. The summed E-state index contributed by atoms with van der Waals surface area (Å²) in [5.41, 5.74) is 1.11. The van der Waals surface area contributed by atoms with Crippen molar-refractivity contribution in [2.75, 3.05) is 11.9 Å². The molecule has 0 atom stereocenters. The van der Waals surface area contributed by atoms with Crippen molar-refractivity contribution in [2.24, 2.45) is 0 Å². The van der Waals surface area contributed by atoms with Crippen molar-refractivity contribution in [1.82, 2.24) is 9.36 Å². The molecule has 1 aliphatic rings. The van der Waals surface area contributed by atoms with Gasteiger partial charge in [0.05, 0.1) is 0 Å². The largest absolute Gasteiger partial charge is 0.357 e. The van der Waals surface area contributed by atoms with E-state index in [1.165, 1.54) is 24.4 Å². The van der Waals surface area contributed by atoms with Crippen molar-refractivity contribution in [3.05, 3.63) is 18.0 Å². The predicted octanol–water partition coefficient (Wildman–Crippen LogP) is 2.40. The first-order chi connectivity index (χ1) is 6.25. The minimum atomic E-state index is 0.650. The molecule has 3 nitrogen and oxygen atoms in total. The summed E-state index contributed by atoms with van der Waals surface area (Å²) in [4.78, 5) is 4.40. The van der Waals surface area contributed by atoms with E-state index in [1.54, 1.807) is 0 Å². The lowest BCUT2D eigenvalue weighted by molar-refractivity contribution is 0.983. The molecule has 1 fully saturated rings. The second-order valence-corrected chi connectivity index (χ2v) is 4.29. The number of anilines is 1. The zero-order valence-corrected chi connectivity index (χ0v) is 8.52. The van der Waals surface area contributed by atoms with Gasteiger partial charge in [0.15, 0.2) is 0 Å². The third-order valence-electron chi connectivity index (χ3n) is 1.93. The fourth-order valence-electron chi connectivity index (χ4n) is 1.04. The third kappa shape index (κ3) is 2.28. The number of hydrogen-bond acceptors (Lipinski definition) is 4. The Morgan fingerprint density at radius 1 is 1.69 bits per heavy atom. The third-order valence-corrected chi connectivity index (χ3v) is 2.61. The van der Waals surface area contributed by atoms with Crippen LogP contribution in [0.2, 0.25) is 0 Å². The molecule has 1 aromatic rings. The fraction of sp³-hybridized carbons (Fsp3) is 0.556. The van der Waals surface area contributed by atoms with E-state index in [0.29, 0.717) is 5.92 Å². The van der Waals surface area contributed by atoms with Crippen LogP contribution in [0.25, 0.3) is 0 Å². The molecule has 70 valence electrons. The molecule has 2 rings (SSSR count). The first-order valence-corrected chi connectivity index (χ1v) is 5.25. The van der Waals surface area contributed by atoms with Gasteiger partial charge in [0, 0.05) is 24.0 Å². The minimum Gasteiger partial charge on any atom is -0.357 e. The zero-order valence-electron chi connectivity index (χ0n) is 7.71. The average molecular weight is 195 g/mol. The molecule has 0 amide bonds. The molecule has 1 aliphatic carbocycles. The van der Waals surface area contributed by atoms with Crippen LogP contribution < -0.4 is 5.32 Å². The topological polar surface area (TPSA) is 37.8 Å². The van der Waals surface area contributed by atoms with Crippen LogP contribution in [-0.2, 0) is 0 Å². The molecule has 1 heterocycles. The summed E-state index contributed by atoms with van der Waals surface area (Å²) in [5.74, 6) is 1.67. The van der Waals surface area contributed by atoms with E-state index < -0.39 is 0 Å². The molecule has 4 heteroatoms. The van der Waals surface area contributed by atoms with Crippen molar-refractivity contribution in [2.45, 2.75) is 25.7 Å². The normalized spacial score (nSPS) is 15.8. The zero-order chi connectivity index (χ0) is 9.26. The number of rotatable bonds is 4. The van der Waals surface area contributed by atoms with Crippen LogP contribution in [0, 0.1) is 0 Å². The smallest absolute Gasteiger partial charge is 0.202 e. The Morgan fingerprint density at radius 3 is 3.08 bits per heavy atom. The van der Waals surface area contributed by atoms with Crippen molar-refractivity contribution in [3.8, 4) is 0 Å². The second kappa shape index (κ2) is 3.46. The summed E-state index contributed by atoms with van der Waals surface area (Å²) in [6.45, 7) is 6.61. The maximum absolute atomic E-state index is 4.40. The lowest BCUT2D eigenvalue weighted by Gasteiger charge is -1.98. The summed E-state index contributed by atoms with van der Waals surface area (Å²) in [6.07, 6.45) is 2.52. The summed E-state index contributed by atoms with van der Waals surface area (Å²) < 4.78 is 4.29. The van der Waals surface area contributed by atoms with Crippen LogP contribution in [0.3, 0.4) is 0 Å². The van der Waals surface area contributed by atoms with Crippen molar-refractivity contribution in [1.29, 1.82) is 0 Å². The van der Waals surface area contributed by atoms with E-state index in [-0.39, 0.29) is 0 Å². The van der Waals surface area contributed by atoms with Gasteiger partial charge in [0.1, 0.15) is 5.82 Å². The van der Waals surface area contributed by atoms with Gasteiger partial charge in [-0.2, -0.15) is 4.37 Å². The van der Waals surface area contributed by atoms with Crippen LogP contribution in [0.5, 0.6) is 0 Å². The minimum absolute atomic E-state index is 0.650. The quantitative estimate of drug-likeness (QED) is 0.750.